The molecule has 1 aromatic rings. The predicted octanol–water partition coefficient (Wildman–Crippen LogP) is 1.29. The second-order valence-electron chi connectivity index (χ2n) is 2.42. The van der Waals surface area contributed by atoms with E-state index in [-0.39, 0.29) is 16.9 Å². The number of hydrogen-bond donors (Lipinski definition) is 1. The molecule has 0 bridgehead atoms. The number of nitriles is 1. The van der Waals surface area contributed by atoms with Crippen LogP contribution in [0.2, 0.25) is 0 Å². The number of aldehydes is 1. The number of anilines is 1. The van der Waals surface area contributed by atoms with Gasteiger partial charge in [-0.15, -0.1) is 0 Å². The topological polar surface area (TPSA) is 79.8 Å². The molecule has 0 unspecified atom stereocenters. The first-order chi connectivity index (χ1) is 6.61. The third-order valence-corrected chi connectivity index (χ3v) is 1.64. The molecule has 0 aliphatic heterocycles. The molecule has 6 heteroatoms. The molecule has 0 atom stereocenters. The molecule has 0 aromatic carbocycles. The van der Waals surface area contributed by atoms with Gasteiger partial charge in [-0.2, -0.15) is 5.26 Å². The maximum atomic E-state index is 12.3. The average Bonchev–Trinajstić information content (AvgIpc) is 2.16. The number of carbonyl (C=O) groups excluding carboxylic acids is 1. The Balaban J connectivity index is 3.44. The Kier molecular flexibility index (Phi) is 2.72. The van der Waals surface area contributed by atoms with Gasteiger partial charge in [-0.05, 0) is 0 Å². The van der Waals surface area contributed by atoms with Crippen molar-refractivity contribution in [1.82, 2.24) is 4.98 Å². The summed E-state index contributed by atoms with van der Waals surface area (Å²) in [4.78, 5) is 13.8. The van der Waals surface area contributed by atoms with Gasteiger partial charge in [0.2, 0.25) is 0 Å². The molecule has 1 rings (SSSR count). The highest BCUT2D eigenvalue weighted by Gasteiger charge is 2.17. The summed E-state index contributed by atoms with van der Waals surface area (Å²) in [6.45, 7) is 0. The molecule has 1 aromatic heterocycles. The molecule has 14 heavy (non-hydrogen) atoms. The molecule has 0 aliphatic rings. The van der Waals surface area contributed by atoms with E-state index < -0.39 is 12.0 Å². The largest absolute Gasteiger partial charge is 0.397 e. The number of aromatic nitrogens is 1. The van der Waals surface area contributed by atoms with Crippen molar-refractivity contribution in [2.24, 2.45) is 0 Å². The SMILES string of the molecule is N#Cc1c(C=O)ncc(C(F)F)c1N. The summed E-state index contributed by atoms with van der Waals surface area (Å²) in [5.74, 6) is 0. The van der Waals surface area contributed by atoms with Crippen LogP contribution in [0.5, 0.6) is 0 Å². The van der Waals surface area contributed by atoms with Crippen molar-refractivity contribution >= 4 is 12.0 Å². The molecule has 0 saturated heterocycles. The molecular formula is C8H5F2N3O. The van der Waals surface area contributed by atoms with Crippen LogP contribution >= 0.6 is 0 Å². The van der Waals surface area contributed by atoms with Crippen molar-refractivity contribution in [3.8, 4) is 6.07 Å². The van der Waals surface area contributed by atoms with Gasteiger partial charge in [0, 0.05) is 6.20 Å². The molecule has 72 valence electrons. The van der Waals surface area contributed by atoms with Gasteiger partial charge in [0.05, 0.1) is 11.3 Å². The Bertz CT molecular complexity index is 412. The molecular weight excluding hydrogens is 192 g/mol. The van der Waals surface area contributed by atoms with Crippen LogP contribution in [0, 0.1) is 11.3 Å². The van der Waals surface area contributed by atoms with E-state index in [1.165, 1.54) is 0 Å². The first-order valence-corrected chi connectivity index (χ1v) is 3.53. The van der Waals surface area contributed by atoms with Crippen molar-refractivity contribution in [3.05, 3.63) is 23.0 Å². The van der Waals surface area contributed by atoms with Crippen LogP contribution in [0.3, 0.4) is 0 Å². The lowest BCUT2D eigenvalue weighted by molar-refractivity contribution is 0.111. The Morgan fingerprint density at radius 3 is 2.71 bits per heavy atom. The maximum absolute atomic E-state index is 12.3. The standard InChI is InChI=1S/C8H5F2N3O/c9-8(10)5-2-13-6(3-14)4(1-11)7(5)12/h2-3,8H,(H2,12,13). The highest BCUT2D eigenvalue weighted by Crippen LogP contribution is 2.27. The highest BCUT2D eigenvalue weighted by molar-refractivity contribution is 5.80. The van der Waals surface area contributed by atoms with Crippen LogP contribution in [0.25, 0.3) is 0 Å². The van der Waals surface area contributed by atoms with Gasteiger partial charge in [0.25, 0.3) is 6.43 Å². The van der Waals surface area contributed by atoms with Crippen LogP contribution in [-0.2, 0) is 0 Å². The van der Waals surface area contributed by atoms with Gasteiger partial charge in [0.1, 0.15) is 17.3 Å². The number of hydrogen-bond acceptors (Lipinski definition) is 4. The van der Waals surface area contributed by atoms with E-state index in [2.05, 4.69) is 4.98 Å². The first-order valence-electron chi connectivity index (χ1n) is 3.53. The molecule has 1 heterocycles. The number of rotatable bonds is 2. The molecule has 0 amide bonds. The number of nitrogens with two attached hydrogens (primary N) is 1. The van der Waals surface area contributed by atoms with Crippen LogP contribution in [-0.4, -0.2) is 11.3 Å². The van der Waals surface area contributed by atoms with Gasteiger partial charge < -0.3 is 5.73 Å². The van der Waals surface area contributed by atoms with Crippen LogP contribution in [0.4, 0.5) is 14.5 Å². The fourth-order valence-corrected chi connectivity index (χ4v) is 0.936. The van der Waals surface area contributed by atoms with Crippen molar-refractivity contribution in [1.29, 1.82) is 5.26 Å². The van der Waals surface area contributed by atoms with Crippen LogP contribution in [0.15, 0.2) is 6.20 Å². The van der Waals surface area contributed by atoms with Crippen molar-refractivity contribution in [3.63, 3.8) is 0 Å². The second-order valence-corrected chi connectivity index (χ2v) is 2.42. The van der Waals surface area contributed by atoms with E-state index in [1.54, 1.807) is 6.07 Å². The fourth-order valence-electron chi connectivity index (χ4n) is 0.936. The first kappa shape index (κ1) is 10.1. The second kappa shape index (κ2) is 3.79. The Morgan fingerprint density at radius 2 is 2.29 bits per heavy atom. The summed E-state index contributed by atoms with van der Waals surface area (Å²) in [5, 5.41) is 8.56. The summed E-state index contributed by atoms with van der Waals surface area (Å²) in [7, 11) is 0. The molecule has 0 radical (unpaired) electrons. The Hall–Kier alpha value is -2.03. The van der Waals surface area contributed by atoms with Gasteiger partial charge >= 0.3 is 0 Å². The lowest BCUT2D eigenvalue weighted by Crippen LogP contribution is -2.04. The predicted molar refractivity (Wildman–Crippen MR) is 43.7 cm³/mol. The normalized spacial score (nSPS) is 9.86. The molecule has 0 fully saturated rings. The zero-order valence-electron chi connectivity index (χ0n) is 6.87. The number of nitrogen functional groups attached to an aromatic ring is 1. The number of carbonyl (C=O) groups is 1. The minimum absolute atomic E-state index is 0.227. The van der Waals surface area contributed by atoms with Gasteiger partial charge in [-0.1, -0.05) is 0 Å². The van der Waals surface area contributed by atoms with E-state index in [1.807, 2.05) is 0 Å². The summed E-state index contributed by atoms with van der Waals surface area (Å²) < 4.78 is 24.5. The Labute approximate surface area is 78.0 Å². The van der Waals surface area contributed by atoms with E-state index in [0.29, 0.717) is 6.29 Å². The number of halogens is 2. The average molecular weight is 197 g/mol. The van der Waals surface area contributed by atoms with Gasteiger partial charge in [-0.3, -0.25) is 9.78 Å². The number of nitrogens with zero attached hydrogens (tertiary/aromatic N) is 2. The van der Waals surface area contributed by atoms with Crippen molar-refractivity contribution < 1.29 is 13.6 Å². The lowest BCUT2D eigenvalue weighted by atomic mass is 10.1. The van der Waals surface area contributed by atoms with Crippen LogP contribution < -0.4 is 5.73 Å². The fraction of sp³-hybridized carbons (Fsp3) is 0.125. The number of pyridine rings is 1. The molecule has 0 aliphatic carbocycles. The molecule has 0 saturated carbocycles. The quantitative estimate of drug-likeness (QED) is 0.724. The van der Waals surface area contributed by atoms with Gasteiger partial charge in [0.15, 0.2) is 6.29 Å². The summed E-state index contributed by atoms with van der Waals surface area (Å²) in [6.07, 6.45) is -1.72. The third kappa shape index (κ3) is 1.52. The van der Waals surface area contributed by atoms with E-state index in [9.17, 15) is 13.6 Å². The molecule has 4 nitrogen and oxygen atoms in total. The molecule has 2 N–H and O–H groups in total. The summed E-state index contributed by atoms with van der Waals surface area (Å²) >= 11 is 0. The highest BCUT2D eigenvalue weighted by atomic mass is 19.3. The zero-order chi connectivity index (χ0) is 10.7. The summed E-state index contributed by atoms with van der Waals surface area (Å²) in [6, 6.07) is 1.56. The lowest BCUT2D eigenvalue weighted by Gasteiger charge is -2.06. The van der Waals surface area contributed by atoms with Crippen molar-refractivity contribution in [2.75, 3.05) is 5.73 Å². The number of alkyl halides is 2. The summed E-state index contributed by atoms with van der Waals surface area (Å²) in [5.41, 5.74) is 3.81. The third-order valence-electron chi connectivity index (χ3n) is 1.64. The molecule has 0 spiro atoms. The van der Waals surface area contributed by atoms with E-state index >= 15 is 0 Å². The Morgan fingerprint density at radius 1 is 1.64 bits per heavy atom. The zero-order valence-corrected chi connectivity index (χ0v) is 6.87. The smallest absolute Gasteiger partial charge is 0.267 e. The van der Waals surface area contributed by atoms with E-state index in [4.69, 9.17) is 11.0 Å². The van der Waals surface area contributed by atoms with Gasteiger partial charge in [-0.25, -0.2) is 8.78 Å². The van der Waals surface area contributed by atoms with E-state index in [0.717, 1.165) is 6.20 Å². The maximum Gasteiger partial charge on any atom is 0.267 e. The minimum Gasteiger partial charge on any atom is -0.397 e. The van der Waals surface area contributed by atoms with Crippen LogP contribution in [0.1, 0.15) is 28.0 Å². The van der Waals surface area contributed by atoms with Crippen molar-refractivity contribution in [2.45, 2.75) is 6.43 Å². The monoisotopic (exact) mass is 197 g/mol. The minimum atomic E-state index is -2.81.